The highest BCUT2D eigenvalue weighted by molar-refractivity contribution is 5.83. The second-order valence-electron chi connectivity index (χ2n) is 5.49. The summed E-state index contributed by atoms with van der Waals surface area (Å²) in [5.41, 5.74) is -4.15. The third kappa shape index (κ3) is 1.56. The Morgan fingerprint density at radius 2 is 2.23 bits per heavy atom. The molecular weight excluding hydrogens is 290 g/mol. The SMILES string of the molecule is [2H]C([2H])([2H])C([2H])([2H])C1(O)C(=O)OCc2c1cc1n(c2=O)CCC12OCCO2. The number of fused-ring (bicyclic) bond motifs is 3. The molecule has 7 nitrogen and oxygen atoms in total. The summed E-state index contributed by atoms with van der Waals surface area (Å²) in [6.45, 7) is -3.01. The standard InChI is InChI=1S/C15H17NO6/c1-2-14(19)10-7-11-15(21-5-6-22-15)3-4-16(11)12(17)9(10)8-20-13(14)18/h7,19H,2-6,8H2,1H3/i1D3,2D2. The van der Waals surface area contributed by atoms with E-state index >= 15 is 0 Å². The average Bonchev–Trinajstić information content (AvgIpc) is 3.19. The van der Waals surface area contributed by atoms with E-state index in [9.17, 15) is 14.7 Å². The number of aliphatic hydroxyl groups is 1. The number of hydrogen-bond donors (Lipinski definition) is 1. The summed E-state index contributed by atoms with van der Waals surface area (Å²) in [5.74, 6) is -2.69. The lowest BCUT2D eigenvalue weighted by atomic mass is 9.85. The van der Waals surface area contributed by atoms with E-state index in [0.29, 0.717) is 6.42 Å². The zero-order valence-corrected chi connectivity index (χ0v) is 11.5. The first kappa shape index (κ1) is 9.44. The number of rotatable bonds is 1. The molecule has 7 heteroatoms. The van der Waals surface area contributed by atoms with Crippen LogP contribution in [0, 0.1) is 0 Å². The van der Waals surface area contributed by atoms with E-state index in [1.54, 1.807) is 0 Å². The van der Waals surface area contributed by atoms with Crippen molar-refractivity contribution in [3.05, 3.63) is 33.2 Å². The van der Waals surface area contributed by atoms with Crippen LogP contribution in [0.3, 0.4) is 0 Å². The zero-order valence-electron chi connectivity index (χ0n) is 16.5. The molecule has 1 aromatic rings. The number of nitrogens with zero attached hydrogens (tertiary/aromatic N) is 1. The second-order valence-corrected chi connectivity index (χ2v) is 5.49. The number of ether oxygens (including phenoxy) is 3. The highest BCUT2D eigenvalue weighted by Crippen LogP contribution is 2.42. The number of carbonyl (C=O) groups excluding carboxylic acids is 1. The molecule has 3 aliphatic rings. The maximum atomic E-state index is 12.9. The largest absolute Gasteiger partial charge is 0.458 e. The van der Waals surface area contributed by atoms with Crippen LogP contribution in [0.5, 0.6) is 0 Å². The number of cyclic esters (lactones) is 1. The average molecular weight is 312 g/mol. The van der Waals surface area contributed by atoms with E-state index in [0.717, 1.165) is 0 Å². The van der Waals surface area contributed by atoms with E-state index in [2.05, 4.69) is 0 Å². The predicted molar refractivity (Wildman–Crippen MR) is 72.9 cm³/mol. The van der Waals surface area contributed by atoms with Crippen LogP contribution < -0.4 is 5.56 Å². The molecule has 1 atom stereocenters. The predicted octanol–water partition coefficient (Wildman–Crippen LogP) is 0.106. The fraction of sp³-hybridized carbons (Fsp3) is 0.600. The van der Waals surface area contributed by atoms with Crippen LogP contribution in [0.15, 0.2) is 10.9 Å². The molecule has 1 aromatic heterocycles. The number of hydrogen-bond acceptors (Lipinski definition) is 6. The minimum atomic E-state index is -3.40. The van der Waals surface area contributed by atoms with Crippen molar-refractivity contribution in [3.63, 3.8) is 0 Å². The van der Waals surface area contributed by atoms with Gasteiger partial charge in [0.05, 0.1) is 24.5 Å². The minimum absolute atomic E-state index is 0.163. The van der Waals surface area contributed by atoms with Gasteiger partial charge in [-0.25, -0.2) is 4.79 Å². The van der Waals surface area contributed by atoms with E-state index in [4.69, 9.17) is 21.1 Å². The Morgan fingerprint density at radius 1 is 1.45 bits per heavy atom. The molecule has 1 unspecified atom stereocenters. The molecule has 4 rings (SSSR count). The molecule has 4 heterocycles. The zero-order chi connectivity index (χ0) is 19.8. The molecule has 0 aromatic carbocycles. The first-order chi connectivity index (χ1) is 12.5. The molecule has 1 fully saturated rings. The van der Waals surface area contributed by atoms with Gasteiger partial charge in [-0.15, -0.1) is 0 Å². The van der Waals surface area contributed by atoms with Gasteiger partial charge in [0.25, 0.3) is 5.56 Å². The first-order valence-electron chi connectivity index (χ1n) is 9.41. The van der Waals surface area contributed by atoms with Gasteiger partial charge in [0, 0.05) is 25.4 Å². The Kier molecular flexibility index (Phi) is 1.89. The van der Waals surface area contributed by atoms with Crippen molar-refractivity contribution in [3.8, 4) is 0 Å². The van der Waals surface area contributed by atoms with Crippen LogP contribution in [-0.2, 0) is 43.5 Å². The molecule has 1 spiro atoms. The molecule has 3 aliphatic heterocycles. The molecule has 0 aliphatic carbocycles. The fourth-order valence-corrected chi connectivity index (χ4v) is 3.29. The first-order valence-corrected chi connectivity index (χ1v) is 6.91. The number of carbonyl (C=O) groups is 1. The van der Waals surface area contributed by atoms with Crippen LogP contribution in [0.25, 0.3) is 0 Å². The van der Waals surface area contributed by atoms with Gasteiger partial charge < -0.3 is 23.9 Å². The number of esters is 1. The van der Waals surface area contributed by atoms with Gasteiger partial charge in [-0.1, -0.05) is 6.85 Å². The molecular formula is C15H17NO6. The van der Waals surface area contributed by atoms with Crippen LogP contribution in [0.2, 0.25) is 0 Å². The summed E-state index contributed by atoms with van der Waals surface area (Å²) in [7, 11) is 0. The molecule has 0 bridgehead atoms. The third-order valence-corrected chi connectivity index (χ3v) is 4.42. The fourth-order valence-electron chi connectivity index (χ4n) is 3.29. The van der Waals surface area contributed by atoms with Crippen molar-refractivity contribution in [2.75, 3.05) is 13.2 Å². The van der Waals surface area contributed by atoms with Crippen molar-refractivity contribution in [2.45, 2.75) is 44.2 Å². The Hall–Kier alpha value is -1.70. The van der Waals surface area contributed by atoms with E-state index < -0.39 is 48.3 Å². The smallest absolute Gasteiger partial charge is 0.343 e. The lowest BCUT2D eigenvalue weighted by Gasteiger charge is -2.32. The van der Waals surface area contributed by atoms with Crippen molar-refractivity contribution in [1.82, 2.24) is 4.57 Å². The normalized spacial score (nSPS) is 33.1. The van der Waals surface area contributed by atoms with Gasteiger partial charge in [0.15, 0.2) is 5.60 Å². The minimum Gasteiger partial charge on any atom is -0.458 e. The van der Waals surface area contributed by atoms with Crippen LogP contribution >= 0.6 is 0 Å². The number of aromatic nitrogens is 1. The number of pyridine rings is 1. The van der Waals surface area contributed by atoms with Gasteiger partial charge in [-0.2, -0.15) is 0 Å². The van der Waals surface area contributed by atoms with Crippen molar-refractivity contribution >= 4 is 5.97 Å². The molecule has 0 radical (unpaired) electrons. The van der Waals surface area contributed by atoms with Crippen molar-refractivity contribution < 1.29 is 31.0 Å². The van der Waals surface area contributed by atoms with Gasteiger partial charge in [-0.05, 0) is 12.4 Å². The van der Waals surface area contributed by atoms with Gasteiger partial charge in [0.2, 0.25) is 5.79 Å². The van der Waals surface area contributed by atoms with E-state index in [1.165, 1.54) is 10.6 Å². The van der Waals surface area contributed by atoms with Crippen molar-refractivity contribution in [1.29, 1.82) is 0 Å². The lowest BCUT2D eigenvalue weighted by Crippen LogP contribution is -2.45. The summed E-state index contributed by atoms with van der Waals surface area (Å²) in [4.78, 5) is 25.3. The lowest BCUT2D eigenvalue weighted by molar-refractivity contribution is -0.173. The quantitative estimate of drug-likeness (QED) is 0.741. The van der Waals surface area contributed by atoms with Gasteiger partial charge >= 0.3 is 5.97 Å². The maximum Gasteiger partial charge on any atom is 0.343 e. The highest BCUT2D eigenvalue weighted by atomic mass is 16.7. The summed E-state index contributed by atoms with van der Waals surface area (Å²) in [6, 6.07) is 1.24. The molecule has 1 saturated heterocycles. The van der Waals surface area contributed by atoms with Crippen molar-refractivity contribution in [2.24, 2.45) is 0 Å². The topological polar surface area (TPSA) is 87.0 Å². The molecule has 0 saturated carbocycles. The van der Waals surface area contributed by atoms with E-state index in [1.807, 2.05) is 0 Å². The van der Waals surface area contributed by atoms with E-state index in [-0.39, 0.29) is 31.0 Å². The van der Waals surface area contributed by atoms with Crippen LogP contribution in [0.1, 0.15) is 43.3 Å². The molecule has 118 valence electrons. The molecule has 1 N–H and O–H groups in total. The van der Waals surface area contributed by atoms with Crippen LogP contribution in [0.4, 0.5) is 0 Å². The summed E-state index contributed by atoms with van der Waals surface area (Å²) in [5, 5.41) is 11.0. The Labute approximate surface area is 133 Å². The maximum absolute atomic E-state index is 12.9. The Morgan fingerprint density at radius 3 is 2.95 bits per heavy atom. The monoisotopic (exact) mass is 312 g/mol. The third-order valence-electron chi connectivity index (χ3n) is 4.42. The Balaban J connectivity index is 2.00. The summed E-state index contributed by atoms with van der Waals surface area (Å²) in [6.07, 6.45) is -3.08. The van der Waals surface area contributed by atoms with Gasteiger partial charge in [0.1, 0.15) is 6.61 Å². The van der Waals surface area contributed by atoms with Crippen LogP contribution in [-0.4, -0.2) is 28.9 Å². The second kappa shape index (κ2) is 4.41. The van der Waals surface area contributed by atoms with Gasteiger partial charge in [-0.3, -0.25) is 4.79 Å². The summed E-state index contributed by atoms with van der Waals surface area (Å²) < 4.78 is 55.8. The molecule has 22 heavy (non-hydrogen) atoms. The highest BCUT2D eigenvalue weighted by Gasteiger charge is 2.50. The summed E-state index contributed by atoms with van der Waals surface area (Å²) >= 11 is 0. The Bertz CT molecular complexity index is 888. The molecule has 0 amide bonds.